The van der Waals surface area contributed by atoms with Crippen LogP contribution in [0.3, 0.4) is 0 Å². The number of nitrogens with zero attached hydrogens (tertiary/aromatic N) is 2. The van der Waals surface area contributed by atoms with Gasteiger partial charge in [0.15, 0.2) is 5.82 Å². The van der Waals surface area contributed by atoms with Crippen molar-refractivity contribution in [1.29, 1.82) is 0 Å². The predicted molar refractivity (Wildman–Crippen MR) is 60.1 cm³/mol. The summed E-state index contributed by atoms with van der Waals surface area (Å²) in [5.41, 5.74) is 0.0778. The monoisotopic (exact) mass is 238 g/mol. The van der Waals surface area contributed by atoms with E-state index in [4.69, 9.17) is 4.74 Å². The van der Waals surface area contributed by atoms with Gasteiger partial charge in [-0.25, -0.2) is 4.39 Å². The first kappa shape index (κ1) is 12.0. The highest BCUT2D eigenvalue weighted by atomic mass is 19.1. The summed E-state index contributed by atoms with van der Waals surface area (Å²) >= 11 is 0. The summed E-state index contributed by atoms with van der Waals surface area (Å²) in [5.74, 6) is -0.867. The van der Waals surface area contributed by atoms with Crippen molar-refractivity contribution in [2.24, 2.45) is 0 Å². The molecule has 1 aromatic heterocycles. The molecule has 0 spiro atoms. The van der Waals surface area contributed by atoms with Gasteiger partial charge in [-0.1, -0.05) is 0 Å². The molecule has 0 aromatic carbocycles. The van der Waals surface area contributed by atoms with Gasteiger partial charge in [0.2, 0.25) is 0 Å². The number of hydrogen-bond donors (Lipinski definition) is 0. The van der Waals surface area contributed by atoms with Gasteiger partial charge in [-0.05, 0) is 18.9 Å². The van der Waals surface area contributed by atoms with Crippen molar-refractivity contribution in [2.75, 3.05) is 20.3 Å². The molecule has 92 valence electrons. The Morgan fingerprint density at radius 3 is 2.88 bits per heavy atom. The molecule has 0 radical (unpaired) electrons. The second kappa shape index (κ2) is 5.23. The van der Waals surface area contributed by atoms with Crippen LogP contribution in [0.15, 0.2) is 18.5 Å². The molecule has 5 heteroatoms. The summed E-state index contributed by atoms with van der Waals surface area (Å²) in [6.45, 7) is 1.31. The van der Waals surface area contributed by atoms with Gasteiger partial charge in [-0.3, -0.25) is 9.78 Å². The number of pyridine rings is 1. The first-order valence-corrected chi connectivity index (χ1v) is 5.64. The van der Waals surface area contributed by atoms with E-state index in [0.717, 1.165) is 19.0 Å². The number of carbonyl (C=O) groups is 1. The fraction of sp³-hybridized carbons (Fsp3) is 0.500. The lowest BCUT2D eigenvalue weighted by Gasteiger charge is -2.31. The summed E-state index contributed by atoms with van der Waals surface area (Å²) in [7, 11) is 1.71. The maximum absolute atomic E-state index is 13.4. The van der Waals surface area contributed by atoms with E-state index in [1.165, 1.54) is 12.3 Å². The SMILES string of the molecule is CN(C(=O)c1ccncc1F)C1CCOCC1. The maximum Gasteiger partial charge on any atom is 0.256 e. The van der Waals surface area contributed by atoms with Crippen molar-refractivity contribution in [3.63, 3.8) is 0 Å². The molecule has 0 aliphatic carbocycles. The van der Waals surface area contributed by atoms with E-state index >= 15 is 0 Å². The Kier molecular flexibility index (Phi) is 3.68. The van der Waals surface area contributed by atoms with Crippen LogP contribution in [-0.2, 0) is 4.74 Å². The summed E-state index contributed by atoms with van der Waals surface area (Å²) in [6.07, 6.45) is 4.09. The molecule has 2 heterocycles. The third-order valence-corrected chi connectivity index (χ3v) is 3.06. The fourth-order valence-electron chi connectivity index (χ4n) is 1.98. The van der Waals surface area contributed by atoms with E-state index in [1.54, 1.807) is 11.9 Å². The molecule has 1 aromatic rings. The third kappa shape index (κ3) is 2.61. The zero-order chi connectivity index (χ0) is 12.3. The van der Waals surface area contributed by atoms with Crippen LogP contribution in [0.25, 0.3) is 0 Å². The molecule has 17 heavy (non-hydrogen) atoms. The lowest BCUT2D eigenvalue weighted by molar-refractivity contribution is 0.0359. The molecule has 4 nitrogen and oxygen atoms in total. The average molecular weight is 238 g/mol. The van der Waals surface area contributed by atoms with Crippen molar-refractivity contribution < 1.29 is 13.9 Å². The summed E-state index contributed by atoms with van der Waals surface area (Å²) in [6, 6.07) is 1.54. The van der Waals surface area contributed by atoms with Gasteiger partial charge >= 0.3 is 0 Å². The van der Waals surface area contributed by atoms with Crippen LogP contribution in [0.2, 0.25) is 0 Å². The maximum atomic E-state index is 13.4. The van der Waals surface area contributed by atoms with Gasteiger partial charge < -0.3 is 9.64 Å². The van der Waals surface area contributed by atoms with Crippen LogP contribution < -0.4 is 0 Å². The Balaban J connectivity index is 2.11. The lowest BCUT2D eigenvalue weighted by atomic mass is 10.1. The number of carbonyl (C=O) groups excluding carboxylic acids is 1. The van der Waals surface area contributed by atoms with Gasteiger partial charge in [0, 0.05) is 32.5 Å². The summed E-state index contributed by atoms with van der Waals surface area (Å²) in [4.78, 5) is 17.3. The molecular formula is C12H15FN2O2. The molecule has 2 rings (SSSR count). The number of halogens is 1. The second-order valence-corrected chi connectivity index (χ2v) is 4.12. The van der Waals surface area contributed by atoms with Crippen LogP contribution in [-0.4, -0.2) is 42.1 Å². The van der Waals surface area contributed by atoms with Crippen LogP contribution in [0.4, 0.5) is 4.39 Å². The van der Waals surface area contributed by atoms with E-state index < -0.39 is 5.82 Å². The van der Waals surface area contributed by atoms with E-state index in [-0.39, 0.29) is 17.5 Å². The van der Waals surface area contributed by atoms with Crippen molar-refractivity contribution >= 4 is 5.91 Å². The molecule has 1 saturated heterocycles. The minimum absolute atomic E-state index is 0.0778. The van der Waals surface area contributed by atoms with E-state index in [1.807, 2.05) is 0 Å². The Bertz CT molecular complexity index is 405. The van der Waals surface area contributed by atoms with Gasteiger partial charge in [0.25, 0.3) is 5.91 Å². The molecule has 0 bridgehead atoms. The largest absolute Gasteiger partial charge is 0.381 e. The Labute approximate surface area is 99.4 Å². The quantitative estimate of drug-likeness (QED) is 0.783. The second-order valence-electron chi connectivity index (χ2n) is 4.12. The van der Waals surface area contributed by atoms with Crippen LogP contribution in [0, 0.1) is 5.82 Å². The number of amides is 1. The van der Waals surface area contributed by atoms with Crippen LogP contribution >= 0.6 is 0 Å². The molecule has 1 aliphatic heterocycles. The molecule has 1 fully saturated rings. The highest BCUT2D eigenvalue weighted by Crippen LogP contribution is 2.16. The molecular weight excluding hydrogens is 223 g/mol. The normalized spacial score (nSPS) is 16.8. The smallest absolute Gasteiger partial charge is 0.256 e. The van der Waals surface area contributed by atoms with E-state index in [9.17, 15) is 9.18 Å². The highest BCUT2D eigenvalue weighted by Gasteiger charge is 2.24. The first-order chi connectivity index (χ1) is 8.20. The molecule has 0 atom stereocenters. The standard InChI is InChI=1S/C12H15FN2O2/c1-15(9-3-6-17-7-4-9)12(16)10-2-5-14-8-11(10)13/h2,5,8-9H,3-4,6-7H2,1H3. The number of rotatable bonds is 2. The topological polar surface area (TPSA) is 42.4 Å². The minimum Gasteiger partial charge on any atom is -0.381 e. The summed E-state index contributed by atoms with van der Waals surface area (Å²) < 4.78 is 18.7. The average Bonchev–Trinajstić information content (AvgIpc) is 2.39. The van der Waals surface area contributed by atoms with Gasteiger partial charge in [-0.15, -0.1) is 0 Å². The lowest BCUT2D eigenvalue weighted by Crippen LogP contribution is -2.40. The zero-order valence-electron chi connectivity index (χ0n) is 9.73. The minimum atomic E-state index is -0.573. The molecule has 0 N–H and O–H groups in total. The zero-order valence-corrected chi connectivity index (χ0v) is 9.73. The Morgan fingerprint density at radius 1 is 1.53 bits per heavy atom. The summed E-state index contributed by atoms with van der Waals surface area (Å²) in [5, 5.41) is 0. The number of ether oxygens (including phenoxy) is 1. The number of hydrogen-bond acceptors (Lipinski definition) is 3. The van der Waals surface area contributed by atoms with Crippen molar-refractivity contribution in [1.82, 2.24) is 9.88 Å². The van der Waals surface area contributed by atoms with E-state index in [2.05, 4.69) is 4.98 Å². The molecule has 0 unspecified atom stereocenters. The van der Waals surface area contributed by atoms with Gasteiger partial charge in [-0.2, -0.15) is 0 Å². The van der Waals surface area contributed by atoms with Gasteiger partial charge in [0.05, 0.1) is 11.8 Å². The Morgan fingerprint density at radius 2 is 2.24 bits per heavy atom. The van der Waals surface area contributed by atoms with E-state index in [0.29, 0.717) is 13.2 Å². The highest BCUT2D eigenvalue weighted by molar-refractivity contribution is 5.94. The Hall–Kier alpha value is -1.49. The molecule has 1 amide bonds. The number of aromatic nitrogens is 1. The third-order valence-electron chi connectivity index (χ3n) is 3.06. The predicted octanol–water partition coefficient (Wildman–Crippen LogP) is 1.47. The fourth-order valence-corrected chi connectivity index (χ4v) is 1.98. The molecule has 0 saturated carbocycles. The first-order valence-electron chi connectivity index (χ1n) is 5.64. The van der Waals surface area contributed by atoms with Crippen molar-refractivity contribution in [3.05, 3.63) is 29.8 Å². The molecule has 1 aliphatic rings. The van der Waals surface area contributed by atoms with Crippen LogP contribution in [0.5, 0.6) is 0 Å². The van der Waals surface area contributed by atoms with Crippen molar-refractivity contribution in [2.45, 2.75) is 18.9 Å². The van der Waals surface area contributed by atoms with Gasteiger partial charge in [0.1, 0.15) is 0 Å². The van der Waals surface area contributed by atoms with Crippen LogP contribution in [0.1, 0.15) is 23.2 Å². The van der Waals surface area contributed by atoms with Crippen molar-refractivity contribution in [3.8, 4) is 0 Å².